The normalized spacial score (nSPS) is 15.5. The summed E-state index contributed by atoms with van der Waals surface area (Å²) in [7, 11) is 0. The molecule has 0 radical (unpaired) electrons. The Morgan fingerprint density at radius 2 is 1.94 bits per heavy atom. The Morgan fingerprint density at radius 1 is 1.17 bits per heavy atom. The Morgan fingerprint density at radius 3 is 2.71 bits per heavy atom. The number of esters is 1. The number of thiazole rings is 1. The zero-order valence-corrected chi connectivity index (χ0v) is 20.1. The van der Waals surface area contributed by atoms with Gasteiger partial charge in [0, 0.05) is 29.7 Å². The molecule has 35 heavy (non-hydrogen) atoms. The number of hydrogen-bond donors (Lipinski definition) is 1. The summed E-state index contributed by atoms with van der Waals surface area (Å²) >= 11 is 1.34. The summed E-state index contributed by atoms with van der Waals surface area (Å²) in [5, 5.41) is 5.29. The van der Waals surface area contributed by atoms with E-state index in [1.807, 2.05) is 31.2 Å². The van der Waals surface area contributed by atoms with Crippen LogP contribution >= 0.6 is 11.3 Å². The highest BCUT2D eigenvalue weighted by Gasteiger charge is 2.30. The fraction of sp³-hybridized carbons (Fsp3) is 0.308. The average molecular weight is 496 g/mol. The van der Waals surface area contributed by atoms with Crippen molar-refractivity contribution in [3.8, 4) is 0 Å². The minimum Gasteiger partial charge on any atom is -0.459 e. The zero-order chi connectivity index (χ0) is 24.8. The number of halogens is 1. The lowest BCUT2D eigenvalue weighted by atomic mass is 9.97. The molecule has 3 aromatic rings. The smallest absolute Gasteiger partial charge is 0.311 e. The van der Waals surface area contributed by atoms with Crippen molar-refractivity contribution in [1.82, 2.24) is 9.88 Å². The molecule has 2 aromatic carbocycles. The van der Waals surface area contributed by atoms with Crippen LogP contribution in [0.25, 0.3) is 0 Å². The van der Waals surface area contributed by atoms with Gasteiger partial charge in [-0.1, -0.05) is 18.2 Å². The molecule has 1 saturated heterocycles. The van der Waals surface area contributed by atoms with Gasteiger partial charge in [-0.2, -0.15) is 0 Å². The molecule has 1 fully saturated rings. The Hall–Kier alpha value is -3.59. The van der Waals surface area contributed by atoms with E-state index in [9.17, 15) is 18.8 Å². The summed E-state index contributed by atoms with van der Waals surface area (Å²) in [5.41, 5.74) is 2.72. The van der Waals surface area contributed by atoms with E-state index in [-0.39, 0.29) is 37.4 Å². The van der Waals surface area contributed by atoms with Gasteiger partial charge in [0.05, 0.1) is 18.0 Å². The quantitative estimate of drug-likeness (QED) is 0.492. The van der Waals surface area contributed by atoms with Crippen LogP contribution in [0.15, 0.2) is 53.9 Å². The Kier molecular flexibility index (Phi) is 7.87. The van der Waals surface area contributed by atoms with E-state index in [1.54, 1.807) is 10.3 Å². The number of para-hydroxylation sites is 1. The standard InChI is InChI=1S/C26H26FN3O4S/c1-17-5-2-3-7-22(17)29-23(31)13-24-28-21(16-35-24)15-34-26(33)19-6-4-12-30(14-19)25(32)18-8-10-20(27)11-9-18/h2-3,5,7-11,16,19H,4,6,12-15H2,1H3,(H,29,31). The molecule has 1 aliphatic heterocycles. The maximum Gasteiger partial charge on any atom is 0.311 e. The molecular weight excluding hydrogens is 469 g/mol. The van der Waals surface area contributed by atoms with Crippen LogP contribution in [0.4, 0.5) is 10.1 Å². The molecule has 2 amide bonds. The minimum atomic E-state index is -0.425. The second-order valence-electron chi connectivity index (χ2n) is 8.48. The van der Waals surface area contributed by atoms with E-state index in [4.69, 9.17) is 4.74 Å². The first-order valence-corrected chi connectivity index (χ1v) is 12.3. The Bertz CT molecular complexity index is 1210. The minimum absolute atomic E-state index is 0.0111. The number of hydrogen-bond acceptors (Lipinski definition) is 6. The third-order valence-corrected chi connectivity index (χ3v) is 6.72. The molecule has 1 N–H and O–H groups in total. The van der Waals surface area contributed by atoms with Gasteiger partial charge in [0.2, 0.25) is 5.91 Å². The topological polar surface area (TPSA) is 88.6 Å². The molecule has 1 aliphatic rings. The SMILES string of the molecule is Cc1ccccc1NC(=O)Cc1nc(COC(=O)C2CCCN(C(=O)c3ccc(F)cc3)C2)cs1. The first-order valence-electron chi connectivity index (χ1n) is 11.4. The lowest BCUT2D eigenvalue weighted by molar-refractivity contribution is -0.151. The summed E-state index contributed by atoms with van der Waals surface area (Å²) in [6.45, 7) is 2.74. The van der Waals surface area contributed by atoms with E-state index in [0.717, 1.165) is 11.3 Å². The van der Waals surface area contributed by atoms with E-state index in [1.165, 1.54) is 35.6 Å². The average Bonchev–Trinajstić information content (AvgIpc) is 3.31. The van der Waals surface area contributed by atoms with Gasteiger partial charge < -0.3 is 15.0 Å². The maximum atomic E-state index is 13.1. The van der Waals surface area contributed by atoms with Gasteiger partial charge in [-0.25, -0.2) is 9.37 Å². The van der Waals surface area contributed by atoms with Crippen molar-refractivity contribution in [2.75, 3.05) is 18.4 Å². The number of carbonyl (C=O) groups excluding carboxylic acids is 3. The van der Waals surface area contributed by atoms with E-state index in [2.05, 4.69) is 10.3 Å². The molecule has 1 atom stereocenters. The van der Waals surface area contributed by atoms with Crippen molar-refractivity contribution >= 4 is 34.8 Å². The molecular formula is C26H26FN3O4S. The van der Waals surface area contributed by atoms with Gasteiger partial charge in [0.25, 0.3) is 5.91 Å². The number of amides is 2. The lowest BCUT2D eigenvalue weighted by Crippen LogP contribution is -2.42. The van der Waals surface area contributed by atoms with Crippen LogP contribution in [0.5, 0.6) is 0 Å². The number of aryl methyl sites for hydroxylation is 1. The third-order valence-electron chi connectivity index (χ3n) is 5.83. The molecule has 1 aromatic heterocycles. The number of aromatic nitrogens is 1. The Labute approximate surface area is 206 Å². The molecule has 0 spiro atoms. The summed E-state index contributed by atoms with van der Waals surface area (Å²) in [6, 6.07) is 12.9. The van der Waals surface area contributed by atoms with Crippen molar-refractivity contribution in [1.29, 1.82) is 0 Å². The third kappa shape index (κ3) is 6.51. The molecule has 182 valence electrons. The van der Waals surface area contributed by atoms with Crippen LogP contribution < -0.4 is 5.32 Å². The first-order chi connectivity index (χ1) is 16.9. The van der Waals surface area contributed by atoms with Gasteiger partial charge >= 0.3 is 5.97 Å². The molecule has 9 heteroatoms. The predicted molar refractivity (Wildman–Crippen MR) is 130 cm³/mol. The fourth-order valence-corrected chi connectivity index (χ4v) is 4.71. The predicted octanol–water partition coefficient (Wildman–Crippen LogP) is 4.37. The number of carbonyl (C=O) groups is 3. The first kappa shape index (κ1) is 24.5. The van der Waals surface area contributed by atoms with E-state index < -0.39 is 11.7 Å². The number of rotatable bonds is 7. The molecule has 0 saturated carbocycles. The second kappa shape index (κ2) is 11.2. The summed E-state index contributed by atoms with van der Waals surface area (Å²) in [4.78, 5) is 43.7. The highest BCUT2D eigenvalue weighted by atomic mass is 32.1. The van der Waals surface area contributed by atoms with Crippen LogP contribution in [0, 0.1) is 18.7 Å². The lowest BCUT2D eigenvalue weighted by Gasteiger charge is -2.31. The van der Waals surface area contributed by atoms with Crippen molar-refractivity contribution in [3.63, 3.8) is 0 Å². The summed E-state index contributed by atoms with van der Waals surface area (Å²) in [6.07, 6.45) is 1.45. The highest BCUT2D eigenvalue weighted by molar-refractivity contribution is 7.09. The number of nitrogens with zero attached hydrogens (tertiary/aromatic N) is 2. The van der Waals surface area contributed by atoms with Crippen molar-refractivity contribution in [3.05, 3.63) is 81.6 Å². The van der Waals surface area contributed by atoms with Crippen LogP contribution in [0.2, 0.25) is 0 Å². The van der Waals surface area contributed by atoms with Gasteiger partial charge in [-0.3, -0.25) is 14.4 Å². The second-order valence-corrected chi connectivity index (χ2v) is 9.42. The summed E-state index contributed by atoms with van der Waals surface area (Å²) < 4.78 is 18.6. The van der Waals surface area contributed by atoms with Crippen molar-refractivity contribution < 1.29 is 23.5 Å². The van der Waals surface area contributed by atoms with Crippen LogP contribution in [0.3, 0.4) is 0 Å². The molecule has 2 heterocycles. The Balaban J connectivity index is 1.26. The summed E-state index contributed by atoms with van der Waals surface area (Å²) in [5.74, 6) is -1.60. The van der Waals surface area contributed by atoms with Crippen molar-refractivity contribution in [2.45, 2.75) is 32.8 Å². The van der Waals surface area contributed by atoms with Crippen molar-refractivity contribution in [2.24, 2.45) is 5.92 Å². The van der Waals surface area contributed by atoms with Crippen LogP contribution in [0.1, 0.15) is 39.5 Å². The number of ether oxygens (including phenoxy) is 1. The van der Waals surface area contributed by atoms with Gasteiger partial charge in [-0.05, 0) is 55.7 Å². The number of benzene rings is 2. The van der Waals surface area contributed by atoms with Gasteiger partial charge in [0.15, 0.2) is 0 Å². The van der Waals surface area contributed by atoms with Gasteiger partial charge in [0.1, 0.15) is 17.4 Å². The molecule has 4 rings (SSSR count). The van der Waals surface area contributed by atoms with Crippen LogP contribution in [-0.2, 0) is 27.4 Å². The number of piperidine rings is 1. The largest absolute Gasteiger partial charge is 0.459 e. The van der Waals surface area contributed by atoms with E-state index in [0.29, 0.717) is 35.7 Å². The zero-order valence-electron chi connectivity index (χ0n) is 19.3. The molecule has 0 aliphatic carbocycles. The molecule has 1 unspecified atom stereocenters. The monoisotopic (exact) mass is 495 g/mol. The number of anilines is 1. The van der Waals surface area contributed by atoms with Crippen LogP contribution in [-0.4, -0.2) is 40.8 Å². The molecule has 0 bridgehead atoms. The van der Waals surface area contributed by atoms with E-state index >= 15 is 0 Å². The molecule has 7 nitrogen and oxygen atoms in total. The van der Waals surface area contributed by atoms with Gasteiger partial charge in [-0.15, -0.1) is 11.3 Å². The fourth-order valence-electron chi connectivity index (χ4n) is 3.93. The number of likely N-dealkylation sites (tertiary alicyclic amines) is 1. The maximum absolute atomic E-state index is 13.1. The highest BCUT2D eigenvalue weighted by Crippen LogP contribution is 2.21. The number of nitrogens with one attached hydrogen (secondary N) is 1.